The van der Waals surface area contributed by atoms with Crippen LogP contribution in [0.15, 0.2) is 23.1 Å². The molecule has 2 aliphatic heterocycles. The molecule has 2 heterocycles. The van der Waals surface area contributed by atoms with Crippen molar-refractivity contribution in [1.82, 2.24) is 9.21 Å². The summed E-state index contributed by atoms with van der Waals surface area (Å²) >= 11 is 0. The molecule has 0 saturated carbocycles. The quantitative estimate of drug-likeness (QED) is 0.808. The summed E-state index contributed by atoms with van der Waals surface area (Å²) in [4.78, 5) is 14.9. The number of morpholine rings is 1. The maximum Gasteiger partial charge on any atom is 0.254 e. The molecule has 6 nitrogen and oxygen atoms in total. The highest BCUT2D eigenvalue weighted by Crippen LogP contribution is 2.25. The van der Waals surface area contributed by atoms with Crippen LogP contribution in [-0.2, 0) is 14.8 Å². The number of ether oxygens (including phenoxy) is 1. The zero-order chi connectivity index (χ0) is 18.9. The molecule has 0 aromatic heterocycles. The summed E-state index contributed by atoms with van der Waals surface area (Å²) in [6.45, 7) is 7.81. The number of carbonyl (C=O) groups excluding carboxylic acids is 1. The number of sulfonamides is 1. The third kappa shape index (κ3) is 3.94. The Morgan fingerprint density at radius 2 is 1.69 bits per heavy atom. The fourth-order valence-electron chi connectivity index (χ4n) is 3.78. The second-order valence-corrected chi connectivity index (χ2v) is 9.32. The SMILES string of the molecule is Cc1ccc(C(=O)N2C[C@@H](C)O[C@H](C)C2)cc1S(=O)(=O)N1CCCCC1. The Hall–Kier alpha value is -1.44. The first-order chi connectivity index (χ1) is 12.3. The van der Waals surface area contributed by atoms with Gasteiger partial charge in [0.25, 0.3) is 5.91 Å². The van der Waals surface area contributed by atoms with Gasteiger partial charge in [0.1, 0.15) is 0 Å². The van der Waals surface area contributed by atoms with Crippen LogP contribution in [0.2, 0.25) is 0 Å². The van der Waals surface area contributed by atoms with E-state index in [4.69, 9.17) is 4.74 Å². The average molecular weight is 381 g/mol. The molecule has 2 saturated heterocycles. The van der Waals surface area contributed by atoms with Crippen molar-refractivity contribution in [2.75, 3.05) is 26.2 Å². The van der Waals surface area contributed by atoms with Gasteiger partial charge >= 0.3 is 0 Å². The van der Waals surface area contributed by atoms with Crippen molar-refractivity contribution in [3.05, 3.63) is 29.3 Å². The molecule has 3 rings (SSSR count). The van der Waals surface area contributed by atoms with E-state index in [2.05, 4.69) is 0 Å². The number of amides is 1. The molecular formula is C19H28N2O4S. The van der Waals surface area contributed by atoms with Crippen LogP contribution in [0.3, 0.4) is 0 Å². The van der Waals surface area contributed by atoms with Crippen molar-refractivity contribution < 1.29 is 17.9 Å². The molecule has 2 fully saturated rings. The molecule has 1 aromatic rings. The van der Waals surface area contributed by atoms with Crippen molar-refractivity contribution in [2.24, 2.45) is 0 Å². The highest BCUT2D eigenvalue weighted by molar-refractivity contribution is 7.89. The second kappa shape index (κ2) is 7.66. The van der Waals surface area contributed by atoms with Gasteiger partial charge in [-0.3, -0.25) is 4.79 Å². The van der Waals surface area contributed by atoms with E-state index in [1.807, 2.05) is 13.8 Å². The number of hydrogen-bond donors (Lipinski definition) is 0. The molecular weight excluding hydrogens is 352 g/mol. The molecule has 1 aromatic carbocycles. The molecule has 2 atom stereocenters. The predicted molar refractivity (Wildman–Crippen MR) is 99.7 cm³/mol. The van der Waals surface area contributed by atoms with Gasteiger partial charge in [0.2, 0.25) is 10.0 Å². The van der Waals surface area contributed by atoms with Crippen LogP contribution < -0.4 is 0 Å². The molecule has 0 bridgehead atoms. The molecule has 0 radical (unpaired) electrons. The summed E-state index contributed by atoms with van der Waals surface area (Å²) in [5, 5.41) is 0. The van der Waals surface area contributed by atoms with Crippen LogP contribution in [0.1, 0.15) is 49.0 Å². The lowest BCUT2D eigenvalue weighted by molar-refractivity contribution is -0.0586. The van der Waals surface area contributed by atoms with Crippen molar-refractivity contribution in [3.8, 4) is 0 Å². The second-order valence-electron chi connectivity index (χ2n) is 7.41. The minimum absolute atomic E-state index is 0.0234. The Bertz CT molecular complexity index is 762. The first-order valence-electron chi connectivity index (χ1n) is 9.34. The lowest BCUT2D eigenvalue weighted by Crippen LogP contribution is -2.48. The molecule has 0 aliphatic carbocycles. The van der Waals surface area contributed by atoms with Gasteiger partial charge in [0.05, 0.1) is 17.1 Å². The van der Waals surface area contributed by atoms with E-state index in [0.29, 0.717) is 37.3 Å². The molecule has 7 heteroatoms. The zero-order valence-electron chi connectivity index (χ0n) is 15.8. The van der Waals surface area contributed by atoms with Crippen molar-refractivity contribution in [1.29, 1.82) is 0 Å². The summed E-state index contributed by atoms with van der Waals surface area (Å²) in [7, 11) is -3.56. The summed E-state index contributed by atoms with van der Waals surface area (Å²) in [5.41, 5.74) is 1.10. The fourth-order valence-corrected chi connectivity index (χ4v) is 5.55. The molecule has 26 heavy (non-hydrogen) atoms. The van der Waals surface area contributed by atoms with E-state index in [-0.39, 0.29) is 23.0 Å². The molecule has 0 unspecified atom stereocenters. The van der Waals surface area contributed by atoms with E-state index < -0.39 is 10.0 Å². The monoisotopic (exact) mass is 380 g/mol. The minimum Gasteiger partial charge on any atom is -0.372 e. The van der Waals surface area contributed by atoms with Crippen LogP contribution in [0.5, 0.6) is 0 Å². The van der Waals surface area contributed by atoms with Crippen molar-refractivity contribution in [2.45, 2.75) is 57.1 Å². The third-order valence-corrected chi connectivity index (χ3v) is 7.12. The maximum absolute atomic E-state index is 13.0. The topological polar surface area (TPSA) is 66.9 Å². The normalized spacial score (nSPS) is 25.3. The van der Waals surface area contributed by atoms with Gasteiger partial charge in [0, 0.05) is 31.7 Å². The van der Waals surface area contributed by atoms with E-state index >= 15 is 0 Å². The Labute approximate surface area is 156 Å². The lowest BCUT2D eigenvalue weighted by Gasteiger charge is -2.35. The van der Waals surface area contributed by atoms with Gasteiger partial charge in [-0.2, -0.15) is 4.31 Å². The highest BCUT2D eigenvalue weighted by Gasteiger charge is 2.30. The van der Waals surface area contributed by atoms with Crippen LogP contribution >= 0.6 is 0 Å². The van der Waals surface area contributed by atoms with Gasteiger partial charge in [0.15, 0.2) is 0 Å². The lowest BCUT2D eigenvalue weighted by atomic mass is 10.1. The van der Waals surface area contributed by atoms with Gasteiger partial charge in [-0.1, -0.05) is 12.5 Å². The summed E-state index contributed by atoms with van der Waals surface area (Å²) < 4.78 is 33.3. The first kappa shape index (κ1) is 19.3. The number of aryl methyl sites for hydroxylation is 1. The number of carbonyl (C=O) groups is 1. The van der Waals surface area contributed by atoms with Crippen molar-refractivity contribution in [3.63, 3.8) is 0 Å². The van der Waals surface area contributed by atoms with Gasteiger partial charge in [-0.05, 0) is 51.3 Å². The molecule has 0 N–H and O–H groups in total. The van der Waals surface area contributed by atoms with E-state index in [1.165, 1.54) is 0 Å². The fraction of sp³-hybridized carbons (Fsp3) is 0.632. The van der Waals surface area contributed by atoms with Gasteiger partial charge in [-0.25, -0.2) is 8.42 Å². The van der Waals surface area contributed by atoms with Crippen LogP contribution in [-0.4, -0.2) is 61.9 Å². The standard InChI is InChI=1S/C19H28N2O4S/c1-14-7-8-17(19(22)20-12-15(2)25-16(3)13-20)11-18(14)26(23,24)21-9-5-4-6-10-21/h7-8,11,15-16H,4-6,9-10,12-13H2,1-3H3/t15-,16-/m1/s1. The third-order valence-electron chi connectivity index (χ3n) is 5.07. The molecule has 1 amide bonds. The van der Waals surface area contributed by atoms with Crippen LogP contribution in [0.25, 0.3) is 0 Å². The van der Waals surface area contributed by atoms with Gasteiger partial charge < -0.3 is 9.64 Å². The highest BCUT2D eigenvalue weighted by atomic mass is 32.2. The number of hydrogen-bond acceptors (Lipinski definition) is 4. The van der Waals surface area contributed by atoms with E-state index in [1.54, 1.807) is 34.3 Å². The zero-order valence-corrected chi connectivity index (χ0v) is 16.6. The van der Waals surface area contributed by atoms with Crippen LogP contribution in [0, 0.1) is 6.92 Å². The first-order valence-corrected chi connectivity index (χ1v) is 10.8. The molecule has 0 spiro atoms. The predicted octanol–water partition coefficient (Wildman–Crippen LogP) is 2.42. The van der Waals surface area contributed by atoms with Crippen molar-refractivity contribution >= 4 is 15.9 Å². The Balaban J connectivity index is 1.88. The molecule has 144 valence electrons. The Kier molecular flexibility index (Phi) is 5.69. The summed E-state index contributed by atoms with van der Waals surface area (Å²) in [6, 6.07) is 5.00. The molecule has 2 aliphatic rings. The smallest absolute Gasteiger partial charge is 0.254 e. The largest absolute Gasteiger partial charge is 0.372 e. The number of piperidine rings is 1. The summed E-state index contributed by atoms with van der Waals surface area (Å²) in [6.07, 6.45) is 2.80. The number of nitrogens with zero attached hydrogens (tertiary/aromatic N) is 2. The van der Waals surface area contributed by atoms with E-state index in [9.17, 15) is 13.2 Å². The Morgan fingerprint density at radius 1 is 1.08 bits per heavy atom. The number of rotatable bonds is 3. The summed E-state index contributed by atoms with van der Waals surface area (Å²) in [5.74, 6) is -0.137. The van der Waals surface area contributed by atoms with Gasteiger partial charge in [-0.15, -0.1) is 0 Å². The maximum atomic E-state index is 13.0. The Morgan fingerprint density at radius 3 is 2.31 bits per heavy atom. The minimum atomic E-state index is -3.56. The van der Waals surface area contributed by atoms with Crippen LogP contribution in [0.4, 0.5) is 0 Å². The number of benzene rings is 1. The van der Waals surface area contributed by atoms with E-state index in [0.717, 1.165) is 19.3 Å². The average Bonchev–Trinajstić information content (AvgIpc) is 2.61.